The Balaban J connectivity index is 1.97. The van der Waals surface area contributed by atoms with Crippen molar-refractivity contribution in [1.29, 1.82) is 0 Å². The largest absolute Gasteiger partial charge is 0.396 e. The third kappa shape index (κ3) is 5.38. The van der Waals surface area contributed by atoms with Crippen molar-refractivity contribution in [3.63, 3.8) is 0 Å². The van der Waals surface area contributed by atoms with Crippen molar-refractivity contribution < 1.29 is 5.11 Å². The van der Waals surface area contributed by atoms with Gasteiger partial charge >= 0.3 is 0 Å². The summed E-state index contributed by atoms with van der Waals surface area (Å²) >= 11 is 0. The summed E-state index contributed by atoms with van der Waals surface area (Å²) in [4.78, 5) is 5.10. The summed E-state index contributed by atoms with van der Waals surface area (Å²) in [6.45, 7) is 14.7. The summed E-state index contributed by atoms with van der Waals surface area (Å²) in [6.07, 6.45) is 0.868. The van der Waals surface area contributed by atoms with Crippen LogP contribution in [0.15, 0.2) is 24.3 Å². The molecule has 0 spiro atoms. The van der Waals surface area contributed by atoms with Crippen LogP contribution in [-0.2, 0) is 6.54 Å². The van der Waals surface area contributed by atoms with Gasteiger partial charge in [-0.1, -0.05) is 50.6 Å². The molecule has 3 heteroatoms. The van der Waals surface area contributed by atoms with Crippen LogP contribution in [0.5, 0.6) is 0 Å². The van der Waals surface area contributed by atoms with Gasteiger partial charge in [-0.2, -0.15) is 0 Å². The van der Waals surface area contributed by atoms with Gasteiger partial charge in [0.1, 0.15) is 0 Å². The van der Waals surface area contributed by atoms with Crippen LogP contribution >= 0.6 is 0 Å². The number of hydrogen-bond donors (Lipinski definition) is 1. The lowest BCUT2D eigenvalue weighted by Gasteiger charge is -2.43. The zero-order chi connectivity index (χ0) is 16.2. The van der Waals surface area contributed by atoms with E-state index in [0.29, 0.717) is 11.5 Å². The number of rotatable bonds is 5. The zero-order valence-corrected chi connectivity index (χ0v) is 14.7. The fourth-order valence-corrected chi connectivity index (χ4v) is 3.33. The highest BCUT2D eigenvalue weighted by Crippen LogP contribution is 2.21. The molecule has 1 N–H and O–H groups in total. The fourth-order valence-electron chi connectivity index (χ4n) is 3.33. The van der Waals surface area contributed by atoms with Crippen LogP contribution in [0.3, 0.4) is 0 Å². The summed E-state index contributed by atoms with van der Waals surface area (Å²) in [5.41, 5.74) is 3.02. The van der Waals surface area contributed by atoms with E-state index in [2.05, 4.69) is 61.8 Å². The van der Waals surface area contributed by atoms with Gasteiger partial charge in [0, 0.05) is 45.4 Å². The van der Waals surface area contributed by atoms with Crippen LogP contribution in [0.4, 0.5) is 0 Å². The molecule has 0 aromatic heterocycles. The van der Waals surface area contributed by atoms with Gasteiger partial charge < -0.3 is 5.11 Å². The smallest absolute Gasteiger partial charge is 0.0446 e. The first-order valence-electron chi connectivity index (χ1n) is 8.50. The summed E-state index contributed by atoms with van der Waals surface area (Å²) in [6, 6.07) is 9.29. The fraction of sp³-hybridized carbons (Fsp3) is 0.684. The first-order valence-corrected chi connectivity index (χ1v) is 8.50. The average molecular weight is 304 g/mol. The van der Waals surface area contributed by atoms with Gasteiger partial charge in [0.2, 0.25) is 0 Å². The number of aliphatic hydroxyl groups is 1. The quantitative estimate of drug-likeness (QED) is 0.906. The molecular formula is C19H32N2O. The second-order valence-corrected chi connectivity index (χ2v) is 7.92. The molecule has 1 heterocycles. The maximum absolute atomic E-state index is 9.41. The topological polar surface area (TPSA) is 26.7 Å². The van der Waals surface area contributed by atoms with Crippen molar-refractivity contribution in [2.24, 2.45) is 5.41 Å². The van der Waals surface area contributed by atoms with E-state index in [-0.39, 0.29) is 6.61 Å². The van der Waals surface area contributed by atoms with Gasteiger partial charge in [-0.3, -0.25) is 9.80 Å². The number of aliphatic hydroxyl groups excluding tert-OH is 1. The molecular weight excluding hydrogens is 272 g/mol. The second-order valence-electron chi connectivity index (χ2n) is 7.92. The maximum Gasteiger partial charge on any atom is 0.0446 e. The van der Waals surface area contributed by atoms with Gasteiger partial charge in [-0.25, -0.2) is 0 Å². The molecule has 1 aliphatic heterocycles. The third-order valence-electron chi connectivity index (χ3n) is 4.36. The van der Waals surface area contributed by atoms with Crippen molar-refractivity contribution in [3.05, 3.63) is 35.4 Å². The summed E-state index contributed by atoms with van der Waals surface area (Å²) in [5.74, 6) is 0. The molecule has 0 bridgehead atoms. The summed E-state index contributed by atoms with van der Waals surface area (Å²) in [7, 11) is 0. The van der Waals surface area contributed by atoms with Crippen LogP contribution in [-0.4, -0.2) is 53.7 Å². The number of piperazine rings is 1. The van der Waals surface area contributed by atoms with Crippen molar-refractivity contribution in [2.75, 3.05) is 32.8 Å². The zero-order valence-electron chi connectivity index (χ0n) is 14.7. The molecule has 0 saturated carbocycles. The molecule has 0 radical (unpaired) electrons. The molecule has 1 atom stereocenters. The lowest BCUT2D eigenvalue weighted by atomic mass is 9.95. The Labute approximate surface area is 135 Å². The van der Waals surface area contributed by atoms with Gasteiger partial charge in [-0.05, 0) is 24.3 Å². The predicted molar refractivity (Wildman–Crippen MR) is 93.0 cm³/mol. The molecule has 1 saturated heterocycles. The van der Waals surface area contributed by atoms with E-state index in [1.54, 1.807) is 0 Å². The molecule has 1 aromatic carbocycles. The third-order valence-corrected chi connectivity index (χ3v) is 4.36. The normalized spacial score (nSPS) is 21.2. The first-order chi connectivity index (χ1) is 10.4. The van der Waals surface area contributed by atoms with Crippen molar-refractivity contribution in [1.82, 2.24) is 9.80 Å². The minimum absolute atomic E-state index is 0.276. The molecule has 1 aromatic rings. The number of hydrogen-bond acceptors (Lipinski definition) is 3. The first kappa shape index (κ1) is 17.5. The number of aryl methyl sites for hydroxylation is 1. The Morgan fingerprint density at radius 2 is 1.82 bits per heavy atom. The Kier molecular flexibility index (Phi) is 6.01. The molecule has 124 valence electrons. The van der Waals surface area contributed by atoms with Crippen LogP contribution < -0.4 is 0 Å². The highest BCUT2D eigenvalue weighted by Gasteiger charge is 2.28. The van der Waals surface area contributed by atoms with E-state index in [0.717, 1.165) is 39.1 Å². The Bertz CT molecular complexity index is 449. The monoisotopic (exact) mass is 304 g/mol. The molecule has 2 rings (SSSR count). The van der Waals surface area contributed by atoms with Gasteiger partial charge in [0.05, 0.1) is 0 Å². The second kappa shape index (κ2) is 7.58. The summed E-state index contributed by atoms with van der Waals surface area (Å²) in [5, 5.41) is 9.41. The van der Waals surface area contributed by atoms with Crippen LogP contribution in [0.2, 0.25) is 0 Å². The maximum atomic E-state index is 9.41. The van der Waals surface area contributed by atoms with Crippen molar-refractivity contribution in [2.45, 2.75) is 46.7 Å². The predicted octanol–water partition coefficient (Wildman–Crippen LogP) is 2.91. The lowest BCUT2D eigenvalue weighted by Crippen LogP contribution is -2.54. The molecule has 0 aliphatic carbocycles. The van der Waals surface area contributed by atoms with Gasteiger partial charge in [0.15, 0.2) is 0 Å². The highest BCUT2D eigenvalue weighted by atomic mass is 16.3. The standard InChI is InChI=1S/C19H32N2O/c1-16-5-7-17(8-6-16)13-21-11-10-20(15-19(2,3)4)14-18(21)9-12-22/h5-8,18,22H,9-15H2,1-4H3/t18-/m1/s1. The summed E-state index contributed by atoms with van der Waals surface area (Å²) < 4.78 is 0. The molecule has 3 nitrogen and oxygen atoms in total. The van der Waals surface area contributed by atoms with Crippen molar-refractivity contribution in [3.8, 4) is 0 Å². The lowest BCUT2D eigenvalue weighted by molar-refractivity contribution is 0.0382. The van der Waals surface area contributed by atoms with Crippen molar-refractivity contribution >= 4 is 0 Å². The van der Waals surface area contributed by atoms with Crippen LogP contribution in [0.25, 0.3) is 0 Å². The molecule has 22 heavy (non-hydrogen) atoms. The van der Waals surface area contributed by atoms with Gasteiger partial charge in [0.25, 0.3) is 0 Å². The van der Waals surface area contributed by atoms with E-state index in [1.807, 2.05) is 0 Å². The minimum atomic E-state index is 0.276. The van der Waals surface area contributed by atoms with Crippen LogP contribution in [0.1, 0.15) is 38.3 Å². The highest BCUT2D eigenvalue weighted by molar-refractivity contribution is 5.21. The SMILES string of the molecule is Cc1ccc(CN2CCN(CC(C)(C)C)C[C@H]2CCO)cc1. The molecule has 1 fully saturated rings. The van der Waals surface area contributed by atoms with E-state index in [1.165, 1.54) is 11.1 Å². The van der Waals surface area contributed by atoms with Gasteiger partial charge in [-0.15, -0.1) is 0 Å². The Morgan fingerprint density at radius 3 is 2.41 bits per heavy atom. The molecule has 1 aliphatic rings. The molecule has 0 unspecified atom stereocenters. The van der Waals surface area contributed by atoms with E-state index >= 15 is 0 Å². The Hall–Kier alpha value is -0.900. The number of benzene rings is 1. The van der Waals surface area contributed by atoms with E-state index < -0.39 is 0 Å². The minimum Gasteiger partial charge on any atom is -0.396 e. The molecule has 0 amide bonds. The average Bonchev–Trinajstić information content (AvgIpc) is 2.43. The number of nitrogens with zero attached hydrogens (tertiary/aromatic N) is 2. The Morgan fingerprint density at radius 1 is 1.14 bits per heavy atom. The van der Waals surface area contributed by atoms with Crippen LogP contribution in [0, 0.1) is 12.3 Å². The van der Waals surface area contributed by atoms with E-state index in [4.69, 9.17) is 0 Å². The van der Waals surface area contributed by atoms with E-state index in [9.17, 15) is 5.11 Å².